The third-order valence-electron chi connectivity index (χ3n) is 5.20. The number of nitrogens with zero attached hydrogens (tertiary/aromatic N) is 3. The number of aromatic amines is 1. The minimum Gasteiger partial charge on any atom is -0.496 e. The summed E-state index contributed by atoms with van der Waals surface area (Å²) in [5, 5.41) is 23.6. The first-order valence-corrected chi connectivity index (χ1v) is 11.7. The zero-order valence-electron chi connectivity index (χ0n) is 18.6. The molecular formula is C19H24N5O10P. The number of aliphatic hydroxyl groups is 2. The molecule has 1 aliphatic heterocycles. The molecule has 4 atom stereocenters. The van der Waals surface area contributed by atoms with E-state index in [2.05, 4.69) is 29.8 Å². The Morgan fingerprint density at radius 2 is 1.86 bits per heavy atom. The van der Waals surface area contributed by atoms with Gasteiger partial charge in [0.05, 0.1) is 27.2 Å². The van der Waals surface area contributed by atoms with Gasteiger partial charge < -0.3 is 49.2 Å². The molecule has 16 heteroatoms. The molecule has 3 heterocycles. The highest BCUT2D eigenvalue weighted by atomic mass is 31.2. The van der Waals surface area contributed by atoms with Crippen molar-refractivity contribution >= 4 is 24.8 Å². The Hall–Kier alpha value is -3.04. The maximum absolute atomic E-state index is 10.9. The molecule has 1 unspecified atom stereocenters. The molecule has 4 rings (SSSR count). The van der Waals surface area contributed by atoms with E-state index in [1.54, 1.807) is 6.07 Å². The summed E-state index contributed by atoms with van der Waals surface area (Å²) < 4.78 is 37.3. The molecule has 1 aromatic carbocycles. The Balaban J connectivity index is 1.50. The highest BCUT2D eigenvalue weighted by molar-refractivity contribution is 7.46. The van der Waals surface area contributed by atoms with Gasteiger partial charge in [0, 0.05) is 18.2 Å². The minimum atomic E-state index is -4.79. The Morgan fingerprint density at radius 3 is 2.57 bits per heavy atom. The normalized spacial score (nSPS) is 22.3. The number of phosphoric acid groups is 1. The zero-order chi connectivity index (χ0) is 25.2. The number of methoxy groups -OCH3 is 2. The van der Waals surface area contributed by atoms with Gasteiger partial charge in [0.2, 0.25) is 6.29 Å². The van der Waals surface area contributed by atoms with Gasteiger partial charge in [-0.05, 0) is 6.07 Å². The highest BCUT2D eigenvalue weighted by Crippen LogP contribution is 2.39. The van der Waals surface area contributed by atoms with Gasteiger partial charge in [-0.3, -0.25) is 4.52 Å². The molecular weight excluding hydrogens is 489 g/mol. The zero-order valence-corrected chi connectivity index (χ0v) is 19.5. The number of benzene rings is 1. The molecule has 0 bridgehead atoms. The van der Waals surface area contributed by atoms with Crippen molar-refractivity contribution in [3.8, 4) is 17.2 Å². The van der Waals surface area contributed by atoms with E-state index in [9.17, 15) is 14.8 Å². The fraction of sp³-hybridized carbons (Fsp3) is 0.421. The highest BCUT2D eigenvalue weighted by Gasteiger charge is 2.45. The number of imidazole rings is 1. The minimum absolute atomic E-state index is 0.138. The third-order valence-corrected chi connectivity index (χ3v) is 5.69. The number of aliphatic hydroxyl groups excluding tert-OH is 2. The molecule has 3 aromatic rings. The van der Waals surface area contributed by atoms with Gasteiger partial charge in [0.15, 0.2) is 23.0 Å². The Bertz CT molecular complexity index is 1220. The lowest BCUT2D eigenvalue weighted by molar-refractivity contribution is -0.116. The molecule has 0 spiro atoms. The van der Waals surface area contributed by atoms with Gasteiger partial charge in [-0.2, -0.15) is 0 Å². The first-order chi connectivity index (χ1) is 16.7. The van der Waals surface area contributed by atoms with Crippen LogP contribution in [-0.4, -0.2) is 85.4 Å². The van der Waals surface area contributed by atoms with Gasteiger partial charge in [-0.25, -0.2) is 19.5 Å². The first-order valence-electron chi connectivity index (χ1n) is 10.2. The standard InChI is InChI=1S/C19H24N5O10P/c1-30-10-4-12(33-19-16(26)15(25)13(34-19)6-32-35(27,28)29)11(31-2)3-9(10)5-20-17-14-18(22-7-21-14)24-8-23-17/h3-4,7-8,13,15-16,19,25-26H,5-6H2,1-2H3,(H2,27,28,29)(H2,20,21,22,23,24)/t13-,15-,16-,19?/m1/s1. The lowest BCUT2D eigenvalue weighted by Gasteiger charge is -2.20. The summed E-state index contributed by atoms with van der Waals surface area (Å²) in [5.74, 6) is 1.36. The summed E-state index contributed by atoms with van der Waals surface area (Å²) in [6.07, 6.45) is -2.72. The molecule has 190 valence electrons. The van der Waals surface area contributed by atoms with Crippen LogP contribution in [0.15, 0.2) is 24.8 Å². The molecule has 35 heavy (non-hydrogen) atoms. The molecule has 0 radical (unpaired) electrons. The summed E-state index contributed by atoms with van der Waals surface area (Å²) in [4.78, 5) is 33.0. The Labute approximate surface area is 198 Å². The number of fused-ring (bicyclic) bond motifs is 1. The predicted molar refractivity (Wildman–Crippen MR) is 118 cm³/mol. The second-order valence-electron chi connectivity index (χ2n) is 7.42. The Morgan fingerprint density at radius 1 is 1.09 bits per heavy atom. The molecule has 0 amide bonds. The van der Waals surface area contributed by atoms with Crippen LogP contribution in [0.1, 0.15) is 5.56 Å². The predicted octanol–water partition coefficient (Wildman–Crippen LogP) is -0.0830. The second-order valence-corrected chi connectivity index (χ2v) is 8.66. The number of aromatic nitrogens is 4. The van der Waals surface area contributed by atoms with Crippen LogP contribution in [0.4, 0.5) is 5.82 Å². The number of anilines is 1. The van der Waals surface area contributed by atoms with Crippen molar-refractivity contribution in [2.75, 3.05) is 26.1 Å². The molecule has 2 aromatic heterocycles. The summed E-state index contributed by atoms with van der Waals surface area (Å²) in [7, 11) is -1.90. The topological polar surface area (TPSA) is 211 Å². The number of nitrogens with one attached hydrogen (secondary N) is 2. The van der Waals surface area contributed by atoms with Crippen LogP contribution in [0.5, 0.6) is 17.2 Å². The van der Waals surface area contributed by atoms with Gasteiger partial charge in [0.1, 0.15) is 35.9 Å². The smallest absolute Gasteiger partial charge is 0.469 e. The number of H-pyrrole nitrogens is 1. The number of hydrogen-bond acceptors (Lipinski definition) is 12. The summed E-state index contributed by atoms with van der Waals surface area (Å²) >= 11 is 0. The van der Waals surface area contributed by atoms with Crippen LogP contribution in [0, 0.1) is 0 Å². The van der Waals surface area contributed by atoms with E-state index in [-0.39, 0.29) is 18.0 Å². The monoisotopic (exact) mass is 513 g/mol. The maximum Gasteiger partial charge on any atom is 0.469 e. The van der Waals surface area contributed by atoms with Crippen molar-refractivity contribution in [3.05, 3.63) is 30.4 Å². The van der Waals surface area contributed by atoms with Gasteiger partial charge in [-0.1, -0.05) is 0 Å². The summed E-state index contributed by atoms with van der Waals surface area (Å²) in [6.45, 7) is -0.367. The second kappa shape index (κ2) is 10.3. The average Bonchev–Trinajstić information content (AvgIpc) is 3.42. The molecule has 15 nitrogen and oxygen atoms in total. The largest absolute Gasteiger partial charge is 0.496 e. The van der Waals surface area contributed by atoms with Gasteiger partial charge >= 0.3 is 7.82 Å². The van der Waals surface area contributed by atoms with Gasteiger partial charge in [0.25, 0.3) is 0 Å². The van der Waals surface area contributed by atoms with Crippen molar-refractivity contribution < 1.29 is 48.0 Å². The maximum atomic E-state index is 10.9. The van der Waals surface area contributed by atoms with Crippen molar-refractivity contribution in [1.82, 2.24) is 19.9 Å². The molecule has 1 aliphatic rings. The Kier molecular flexibility index (Phi) is 7.37. The van der Waals surface area contributed by atoms with E-state index in [0.717, 1.165) is 0 Å². The lowest BCUT2D eigenvalue weighted by Crippen LogP contribution is -2.35. The van der Waals surface area contributed by atoms with Crippen LogP contribution in [0.25, 0.3) is 11.2 Å². The summed E-state index contributed by atoms with van der Waals surface area (Å²) in [6, 6.07) is 3.17. The molecule has 1 fully saturated rings. The molecule has 1 saturated heterocycles. The molecule has 0 saturated carbocycles. The fourth-order valence-corrected chi connectivity index (χ4v) is 3.83. The summed E-state index contributed by atoms with van der Waals surface area (Å²) in [5.41, 5.74) is 1.84. The van der Waals surface area contributed by atoms with Crippen LogP contribution in [0.3, 0.4) is 0 Å². The van der Waals surface area contributed by atoms with Crippen LogP contribution in [0.2, 0.25) is 0 Å². The third kappa shape index (κ3) is 5.62. The number of phosphoric ester groups is 1. The number of ether oxygens (including phenoxy) is 4. The van der Waals surface area contributed by atoms with Crippen LogP contribution >= 0.6 is 7.82 Å². The van der Waals surface area contributed by atoms with Crippen LogP contribution in [-0.2, 0) is 20.4 Å². The van der Waals surface area contributed by atoms with E-state index in [1.165, 1.54) is 32.9 Å². The van der Waals surface area contributed by atoms with Crippen molar-refractivity contribution in [3.63, 3.8) is 0 Å². The fourth-order valence-electron chi connectivity index (χ4n) is 3.49. The average molecular weight is 513 g/mol. The van der Waals surface area contributed by atoms with E-state index in [0.29, 0.717) is 28.3 Å². The SMILES string of the molecule is COc1cc(OC2O[C@H](COP(=O)(O)O)[C@@H](O)[C@H]2O)c(OC)cc1CNc1ncnc2nc[nH]c12. The van der Waals surface area contributed by atoms with E-state index < -0.39 is 39.0 Å². The van der Waals surface area contributed by atoms with Crippen molar-refractivity contribution in [2.24, 2.45) is 0 Å². The van der Waals surface area contributed by atoms with Crippen LogP contribution < -0.4 is 19.5 Å². The van der Waals surface area contributed by atoms with Gasteiger partial charge in [-0.15, -0.1) is 0 Å². The quantitative estimate of drug-likeness (QED) is 0.196. The van der Waals surface area contributed by atoms with E-state index in [4.69, 9.17) is 28.7 Å². The molecule has 0 aliphatic carbocycles. The first kappa shape index (κ1) is 25.1. The van der Waals surface area contributed by atoms with E-state index >= 15 is 0 Å². The number of hydrogen-bond donors (Lipinski definition) is 6. The lowest BCUT2D eigenvalue weighted by atomic mass is 10.1. The number of rotatable bonds is 10. The van der Waals surface area contributed by atoms with E-state index in [1.807, 2.05) is 0 Å². The van der Waals surface area contributed by atoms with Crippen molar-refractivity contribution in [2.45, 2.75) is 31.1 Å². The molecule has 6 N–H and O–H groups in total. The van der Waals surface area contributed by atoms with Crippen molar-refractivity contribution in [1.29, 1.82) is 0 Å².